The molecule has 0 bridgehead atoms. The van der Waals surface area contributed by atoms with Crippen molar-refractivity contribution in [3.05, 3.63) is 143 Å². The molecule has 5 N–H and O–H groups in total. The summed E-state index contributed by atoms with van der Waals surface area (Å²) in [6.07, 6.45) is -2.20. The molecule has 48 heavy (non-hydrogen) atoms. The third-order valence-corrected chi connectivity index (χ3v) is 7.76. The number of alkyl carbamates (subject to hydrolysis) is 1. The van der Waals surface area contributed by atoms with Gasteiger partial charge in [-0.1, -0.05) is 115 Å². The number of halogens is 1. The number of benzene rings is 4. The van der Waals surface area contributed by atoms with Gasteiger partial charge in [0.25, 0.3) is 5.91 Å². The summed E-state index contributed by atoms with van der Waals surface area (Å²) < 4.78 is 5.23. The van der Waals surface area contributed by atoms with E-state index < -0.39 is 48.0 Å². The molecule has 0 fully saturated rings. The van der Waals surface area contributed by atoms with Gasteiger partial charge in [-0.25, -0.2) is 4.79 Å². The fourth-order valence-electron chi connectivity index (χ4n) is 4.83. The van der Waals surface area contributed by atoms with Gasteiger partial charge in [-0.3, -0.25) is 14.4 Å². The van der Waals surface area contributed by atoms with Gasteiger partial charge in [-0.15, -0.1) is 0 Å². The molecule has 0 saturated carbocycles. The molecular weight excluding hydrogens is 632 g/mol. The SMILES string of the molecule is C[C@H](NC(=O)OCc1ccccc1)C(=O)N[C@@H](Cc1ccc(Cl)cc1)C(=O)NC(Cc1ccccc1)C(O)C(=O)NCc1ccccc1. The quantitative estimate of drug-likeness (QED) is 0.129. The average molecular weight is 671 g/mol. The van der Waals surface area contributed by atoms with Crippen molar-refractivity contribution in [3.8, 4) is 0 Å². The Balaban J connectivity index is 1.46. The summed E-state index contributed by atoms with van der Waals surface area (Å²) in [5, 5.41) is 22.4. The normalized spacial score (nSPS) is 13.2. The number of ether oxygens (including phenoxy) is 1. The standard InChI is InChI=1S/C37H39ClN4O6/c1-25(40-37(47)48-24-29-15-9-4-10-16-29)34(44)42-32(22-27-17-19-30(38)20-18-27)35(45)41-31(21-26-11-5-2-6-12-26)33(43)36(46)39-23-28-13-7-3-8-14-28/h2-20,25,31-33,43H,21-24H2,1H3,(H,39,46)(H,40,47)(H,41,45)(H,42,44)/t25-,31?,32-,33?/m0/s1. The van der Waals surface area contributed by atoms with Crippen LogP contribution in [0.4, 0.5) is 4.79 Å². The van der Waals surface area contributed by atoms with Gasteiger partial charge < -0.3 is 31.1 Å². The van der Waals surface area contributed by atoms with Crippen LogP contribution in [0.2, 0.25) is 5.02 Å². The van der Waals surface area contributed by atoms with Crippen LogP contribution in [-0.2, 0) is 45.1 Å². The Morgan fingerprint density at radius 3 is 1.79 bits per heavy atom. The Labute approximate surface area is 284 Å². The van der Waals surface area contributed by atoms with Gasteiger partial charge in [-0.2, -0.15) is 0 Å². The van der Waals surface area contributed by atoms with E-state index in [2.05, 4.69) is 21.3 Å². The summed E-state index contributed by atoms with van der Waals surface area (Å²) in [7, 11) is 0. The van der Waals surface area contributed by atoms with Gasteiger partial charge in [0, 0.05) is 18.0 Å². The van der Waals surface area contributed by atoms with E-state index in [-0.39, 0.29) is 26.0 Å². The van der Waals surface area contributed by atoms with E-state index in [9.17, 15) is 24.3 Å². The molecule has 4 aromatic carbocycles. The highest BCUT2D eigenvalue weighted by atomic mass is 35.5. The lowest BCUT2D eigenvalue weighted by Gasteiger charge is -2.27. The summed E-state index contributed by atoms with van der Waals surface area (Å²) in [6.45, 7) is 1.68. The van der Waals surface area contributed by atoms with Gasteiger partial charge >= 0.3 is 6.09 Å². The van der Waals surface area contributed by atoms with Gasteiger partial charge in [0.2, 0.25) is 11.8 Å². The molecule has 0 aromatic heterocycles. The van der Waals surface area contributed by atoms with Crippen molar-refractivity contribution in [1.29, 1.82) is 0 Å². The largest absolute Gasteiger partial charge is 0.445 e. The van der Waals surface area contributed by atoms with Crippen LogP contribution in [0.15, 0.2) is 115 Å². The molecule has 250 valence electrons. The van der Waals surface area contributed by atoms with Crippen molar-refractivity contribution < 1.29 is 29.0 Å². The molecule has 2 unspecified atom stereocenters. The van der Waals surface area contributed by atoms with E-state index in [1.165, 1.54) is 6.92 Å². The fraction of sp³-hybridized carbons (Fsp3) is 0.243. The van der Waals surface area contributed by atoms with Crippen molar-refractivity contribution in [1.82, 2.24) is 21.3 Å². The molecule has 4 aromatic rings. The summed E-state index contributed by atoms with van der Waals surface area (Å²) in [6, 6.07) is 31.0. The number of hydrogen-bond acceptors (Lipinski definition) is 6. The molecule has 11 heteroatoms. The van der Waals surface area contributed by atoms with Crippen molar-refractivity contribution in [3.63, 3.8) is 0 Å². The molecule has 0 aliphatic heterocycles. The highest BCUT2D eigenvalue weighted by Gasteiger charge is 2.32. The monoisotopic (exact) mass is 670 g/mol. The van der Waals surface area contributed by atoms with E-state index in [0.29, 0.717) is 10.6 Å². The van der Waals surface area contributed by atoms with Crippen molar-refractivity contribution in [2.24, 2.45) is 0 Å². The van der Waals surface area contributed by atoms with Gasteiger partial charge in [0.15, 0.2) is 6.10 Å². The predicted octanol–water partition coefficient (Wildman–Crippen LogP) is 4.09. The van der Waals surface area contributed by atoms with Crippen molar-refractivity contribution in [2.45, 2.75) is 57.1 Å². The van der Waals surface area contributed by atoms with Crippen LogP contribution in [0.25, 0.3) is 0 Å². The van der Waals surface area contributed by atoms with E-state index in [4.69, 9.17) is 16.3 Å². The summed E-state index contributed by atoms with van der Waals surface area (Å²) in [5.74, 6) is -1.93. The second-order valence-corrected chi connectivity index (χ2v) is 11.7. The van der Waals surface area contributed by atoms with Crippen molar-refractivity contribution >= 4 is 35.4 Å². The van der Waals surface area contributed by atoms with Crippen molar-refractivity contribution in [2.75, 3.05) is 0 Å². The first-order valence-corrected chi connectivity index (χ1v) is 15.9. The summed E-state index contributed by atoms with van der Waals surface area (Å²) >= 11 is 6.06. The number of rotatable bonds is 15. The summed E-state index contributed by atoms with van der Waals surface area (Å²) in [4.78, 5) is 52.6. The molecule has 0 aliphatic rings. The zero-order valence-corrected chi connectivity index (χ0v) is 27.2. The van der Waals surface area contributed by atoms with E-state index in [0.717, 1.165) is 16.7 Å². The Morgan fingerprint density at radius 2 is 1.19 bits per heavy atom. The highest BCUT2D eigenvalue weighted by molar-refractivity contribution is 6.30. The molecule has 0 aliphatic carbocycles. The highest BCUT2D eigenvalue weighted by Crippen LogP contribution is 2.13. The second kappa shape index (κ2) is 18.2. The molecule has 4 rings (SSSR count). The van der Waals surface area contributed by atoms with Crippen LogP contribution in [-0.4, -0.2) is 53.2 Å². The van der Waals surface area contributed by atoms with Gasteiger partial charge in [0.05, 0.1) is 6.04 Å². The number of carbonyl (C=O) groups excluding carboxylic acids is 4. The number of carbonyl (C=O) groups is 4. The minimum atomic E-state index is -1.61. The Hall–Kier alpha value is -5.19. The summed E-state index contributed by atoms with van der Waals surface area (Å²) in [5.41, 5.74) is 3.11. The van der Waals surface area contributed by atoms with E-state index in [1.54, 1.807) is 36.4 Å². The fourth-order valence-corrected chi connectivity index (χ4v) is 4.96. The Morgan fingerprint density at radius 1 is 0.646 bits per heavy atom. The lowest BCUT2D eigenvalue weighted by Crippen LogP contribution is -2.58. The molecule has 0 spiro atoms. The van der Waals surface area contributed by atoms with E-state index in [1.807, 2.05) is 78.9 Å². The Kier molecular flexibility index (Phi) is 13.5. The number of amides is 4. The molecule has 10 nitrogen and oxygen atoms in total. The second-order valence-electron chi connectivity index (χ2n) is 11.3. The maximum absolute atomic E-state index is 13.9. The predicted molar refractivity (Wildman–Crippen MR) is 183 cm³/mol. The minimum absolute atomic E-state index is 0.0205. The van der Waals surface area contributed by atoms with Crippen LogP contribution in [0.3, 0.4) is 0 Å². The van der Waals surface area contributed by atoms with Crippen LogP contribution >= 0.6 is 11.6 Å². The number of aliphatic hydroxyl groups is 1. The lowest BCUT2D eigenvalue weighted by atomic mass is 9.99. The molecule has 4 atom stereocenters. The third-order valence-electron chi connectivity index (χ3n) is 7.51. The number of aliphatic hydroxyl groups excluding tert-OH is 1. The minimum Gasteiger partial charge on any atom is -0.445 e. The molecule has 4 amide bonds. The number of nitrogens with one attached hydrogen (secondary N) is 4. The molecule has 0 radical (unpaired) electrons. The van der Waals surface area contributed by atoms with Crippen LogP contribution < -0.4 is 21.3 Å². The molecule has 0 saturated heterocycles. The smallest absolute Gasteiger partial charge is 0.408 e. The molecule has 0 heterocycles. The maximum atomic E-state index is 13.9. The van der Waals surface area contributed by atoms with Crippen LogP contribution in [0.5, 0.6) is 0 Å². The first-order chi connectivity index (χ1) is 23.2. The van der Waals surface area contributed by atoms with E-state index >= 15 is 0 Å². The molecular formula is C37H39ClN4O6. The first kappa shape index (κ1) is 35.7. The Bertz CT molecular complexity index is 1620. The topological polar surface area (TPSA) is 146 Å². The third kappa shape index (κ3) is 11.6. The zero-order valence-electron chi connectivity index (χ0n) is 26.5. The number of hydrogen-bond donors (Lipinski definition) is 5. The van der Waals surface area contributed by atoms with Crippen LogP contribution in [0.1, 0.15) is 29.2 Å². The van der Waals surface area contributed by atoms with Gasteiger partial charge in [-0.05, 0) is 47.7 Å². The average Bonchev–Trinajstić information content (AvgIpc) is 3.11. The lowest BCUT2D eigenvalue weighted by molar-refractivity contribution is -0.134. The zero-order chi connectivity index (χ0) is 34.3. The maximum Gasteiger partial charge on any atom is 0.408 e. The van der Waals surface area contributed by atoms with Crippen LogP contribution in [0, 0.1) is 0 Å². The first-order valence-electron chi connectivity index (χ1n) is 15.5. The van der Waals surface area contributed by atoms with Gasteiger partial charge in [0.1, 0.15) is 18.7 Å².